The van der Waals surface area contributed by atoms with Crippen LogP contribution in [0, 0.1) is 12.3 Å². The van der Waals surface area contributed by atoms with Gasteiger partial charge in [-0.3, -0.25) is 0 Å². The van der Waals surface area contributed by atoms with Crippen LogP contribution in [0.4, 0.5) is 5.82 Å². The molecule has 3 N–H and O–H groups in total. The van der Waals surface area contributed by atoms with Gasteiger partial charge in [-0.2, -0.15) is 0 Å². The highest BCUT2D eigenvalue weighted by Gasteiger charge is 2.22. The second-order valence-corrected chi connectivity index (χ2v) is 5.12. The number of hydrogen-bond acceptors (Lipinski definition) is 4. The normalized spacial score (nSPS) is 11.6. The second-order valence-electron chi connectivity index (χ2n) is 4.26. The summed E-state index contributed by atoms with van der Waals surface area (Å²) in [6.07, 6.45) is 0. The maximum Gasteiger partial charge on any atom is 0.140 e. The van der Waals surface area contributed by atoms with E-state index in [1.165, 1.54) is 0 Å². The van der Waals surface area contributed by atoms with Crippen molar-refractivity contribution in [2.24, 2.45) is 5.41 Å². The molecule has 1 aromatic heterocycles. The van der Waals surface area contributed by atoms with E-state index in [1.54, 1.807) is 0 Å². The first-order chi connectivity index (χ1) is 7.50. The summed E-state index contributed by atoms with van der Waals surface area (Å²) in [5, 5.41) is 21.4. The zero-order valence-electron chi connectivity index (χ0n) is 9.50. The van der Waals surface area contributed by atoms with Crippen LogP contribution in [0.5, 0.6) is 0 Å². The molecule has 0 fully saturated rings. The van der Waals surface area contributed by atoms with Crippen molar-refractivity contribution in [3.8, 4) is 0 Å². The predicted octanol–water partition coefficient (Wildman–Crippen LogP) is 1.56. The largest absolute Gasteiger partial charge is 0.396 e. The van der Waals surface area contributed by atoms with Gasteiger partial charge in [0.25, 0.3) is 0 Å². The van der Waals surface area contributed by atoms with E-state index in [0.29, 0.717) is 6.54 Å². The monoisotopic (exact) mass is 288 g/mol. The molecule has 90 valence electrons. The molecule has 16 heavy (non-hydrogen) atoms. The van der Waals surface area contributed by atoms with E-state index in [-0.39, 0.29) is 13.2 Å². The topological polar surface area (TPSA) is 65.4 Å². The molecule has 1 aromatic rings. The number of pyridine rings is 1. The lowest BCUT2D eigenvalue weighted by Crippen LogP contribution is -2.34. The SMILES string of the molecule is Cc1ccc(Br)c(NCC(C)(CO)CO)n1. The molecule has 0 radical (unpaired) electrons. The summed E-state index contributed by atoms with van der Waals surface area (Å²) >= 11 is 3.39. The third kappa shape index (κ3) is 3.43. The van der Waals surface area contributed by atoms with Crippen molar-refractivity contribution in [1.82, 2.24) is 4.98 Å². The second kappa shape index (κ2) is 5.61. The number of aryl methyl sites for hydroxylation is 1. The predicted molar refractivity (Wildman–Crippen MR) is 67.4 cm³/mol. The lowest BCUT2D eigenvalue weighted by molar-refractivity contribution is 0.0806. The van der Waals surface area contributed by atoms with Gasteiger partial charge in [0.1, 0.15) is 5.82 Å². The van der Waals surface area contributed by atoms with Gasteiger partial charge in [-0.25, -0.2) is 4.98 Å². The van der Waals surface area contributed by atoms with Gasteiger partial charge in [0.05, 0.1) is 17.7 Å². The number of rotatable bonds is 5. The Morgan fingerprint density at radius 1 is 1.38 bits per heavy atom. The highest BCUT2D eigenvalue weighted by Crippen LogP contribution is 2.22. The van der Waals surface area contributed by atoms with Gasteiger partial charge in [0.2, 0.25) is 0 Å². The van der Waals surface area contributed by atoms with E-state index >= 15 is 0 Å². The number of halogens is 1. The molecule has 0 aromatic carbocycles. The van der Waals surface area contributed by atoms with Crippen LogP contribution in [0.2, 0.25) is 0 Å². The molecule has 0 saturated carbocycles. The van der Waals surface area contributed by atoms with Crippen molar-refractivity contribution < 1.29 is 10.2 Å². The summed E-state index contributed by atoms with van der Waals surface area (Å²) in [5.41, 5.74) is 0.380. The fourth-order valence-electron chi connectivity index (χ4n) is 1.12. The van der Waals surface area contributed by atoms with Crippen LogP contribution in [0.3, 0.4) is 0 Å². The van der Waals surface area contributed by atoms with Gasteiger partial charge in [-0.05, 0) is 35.0 Å². The van der Waals surface area contributed by atoms with Crippen molar-refractivity contribution in [1.29, 1.82) is 0 Å². The molecule has 5 heteroatoms. The highest BCUT2D eigenvalue weighted by atomic mass is 79.9. The van der Waals surface area contributed by atoms with Crippen molar-refractivity contribution in [2.75, 3.05) is 25.1 Å². The maximum atomic E-state index is 9.16. The number of nitrogens with zero attached hydrogens (tertiary/aromatic N) is 1. The van der Waals surface area contributed by atoms with Gasteiger partial charge < -0.3 is 15.5 Å². The van der Waals surface area contributed by atoms with Crippen LogP contribution in [0.25, 0.3) is 0 Å². The van der Waals surface area contributed by atoms with E-state index in [2.05, 4.69) is 26.2 Å². The molecular formula is C11H17BrN2O2. The molecule has 0 spiro atoms. The number of hydrogen-bond donors (Lipinski definition) is 3. The minimum Gasteiger partial charge on any atom is -0.396 e. The van der Waals surface area contributed by atoms with Crippen LogP contribution < -0.4 is 5.32 Å². The minimum atomic E-state index is -0.537. The quantitative estimate of drug-likeness (QED) is 0.769. The molecule has 1 rings (SSSR count). The van der Waals surface area contributed by atoms with Gasteiger partial charge in [0.15, 0.2) is 0 Å². The molecule has 0 unspecified atom stereocenters. The van der Waals surface area contributed by atoms with E-state index in [1.807, 2.05) is 26.0 Å². The van der Waals surface area contributed by atoms with Crippen LogP contribution in [-0.4, -0.2) is 35.0 Å². The lowest BCUT2D eigenvalue weighted by Gasteiger charge is -2.25. The summed E-state index contributed by atoms with van der Waals surface area (Å²) in [5.74, 6) is 0.730. The molecule has 1 heterocycles. The molecule has 4 nitrogen and oxygen atoms in total. The zero-order chi connectivity index (χ0) is 12.2. The van der Waals surface area contributed by atoms with E-state index in [9.17, 15) is 0 Å². The summed E-state index contributed by atoms with van der Waals surface area (Å²) < 4.78 is 0.872. The Morgan fingerprint density at radius 2 is 2.00 bits per heavy atom. The number of aromatic nitrogens is 1. The van der Waals surface area contributed by atoms with Gasteiger partial charge in [-0.1, -0.05) is 6.92 Å². The van der Waals surface area contributed by atoms with Crippen LogP contribution in [0.1, 0.15) is 12.6 Å². The third-order valence-corrected chi connectivity index (χ3v) is 3.07. The standard InChI is InChI=1S/C11H17BrN2O2/c1-8-3-4-9(12)10(14-8)13-5-11(2,6-15)7-16/h3-4,15-16H,5-7H2,1-2H3,(H,13,14). The Labute approximate surface area is 104 Å². The summed E-state index contributed by atoms with van der Waals surface area (Å²) in [4.78, 5) is 4.32. The number of aliphatic hydroxyl groups is 2. The van der Waals surface area contributed by atoms with Crippen molar-refractivity contribution in [2.45, 2.75) is 13.8 Å². The summed E-state index contributed by atoms with van der Waals surface area (Å²) in [7, 11) is 0. The third-order valence-electron chi connectivity index (χ3n) is 2.43. The highest BCUT2D eigenvalue weighted by molar-refractivity contribution is 9.10. The van der Waals surface area contributed by atoms with Crippen molar-refractivity contribution in [3.63, 3.8) is 0 Å². The van der Waals surface area contributed by atoms with Crippen LogP contribution in [-0.2, 0) is 0 Å². The Balaban J connectivity index is 2.70. The Bertz CT molecular complexity index is 354. The zero-order valence-corrected chi connectivity index (χ0v) is 11.1. The number of anilines is 1. The van der Waals surface area contributed by atoms with E-state index in [0.717, 1.165) is 16.0 Å². The van der Waals surface area contributed by atoms with E-state index in [4.69, 9.17) is 10.2 Å². The Hall–Kier alpha value is -0.650. The lowest BCUT2D eigenvalue weighted by atomic mass is 9.93. The van der Waals surface area contributed by atoms with Crippen molar-refractivity contribution >= 4 is 21.7 Å². The van der Waals surface area contributed by atoms with Gasteiger partial charge in [-0.15, -0.1) is 0 Å². The molecule has 0 atom stereocenters. The Morgan fingerprint density at radius 3 is 2.56 bits per heavy atom. The van der Waals surface area contributed by atoms with Crippen molar-refractivity contribution in [3.05, 3.63) is 22.3 Å². The first kappa shape index (κ1) is 13.4. The van der Waals surface area contributed by atoms with E-state index < -0.39 is 5.41 Å². The molecular weight excluding hydrogens is 272 g/mol. The van der Waals surface area contributed by atoms with Gasteiger partial charge >= 0.3 is 0 Å². The molecule has 0 amide bonds. The summed E-state index contributed by atoms with van der Waals surface area (Å²) in [6, 6.07) is 3.83. The minimum absolute atomic E-state index is 0.0695. The fraction of sp³-hybridized carbons (Fsp3) is 0.545. The smallest absolute Gasteiger partial charge is 0.140 e. The molecule has 0 aliphatic heterocycles. The fourth-order valence-corrected chi connectivity index (χ4v) is 1.48. The maximum absolute atomic E-state index is 9.16. The summed E-state index contributed by atoms with van der Waals surface area (Å²) in [6.45, 7) is 4.05. The first-order valence-electron chi connectivity index (χ1n) is 5.09. The molecule has 0 aliphatic rings. The molecule has 0 bridgehead atoms. The molecule has 0 aliphatic carbocycles. The van der Waals surface area contributed by atoms with Crippen LogP contribution >= 0.6 is 15.9 Å². The average molecular weight is 289 g/mol. The Kier molecular flexibility index (Phi) is 4.70. The van der Waals surface area contributed by atoms with Crippen LogP contribution in [0.15, 0.2) is 16.6 Å². The molecule has 0 saturated heterocycles. The van der Waals surface area contributed by atoms with Gasteiger partial charge in [0, 0.05) is 17.7 Å². The number of nitrogens with one attached hydrogen (secondary N) is 1. The first-order valence-corrected chi connectivity index (χ1v) is 5.89. The average Bonchev–Trinajstić information content (AvgIpc) is 2.30. The number of aliphatic hydroxyl groups excluding tert-OH is 2.